The molecule has 2 aromatic heterocycles. The molecule has 19 heavy (non-hydrogen) atoms. The van der Waals surface area contributed by atoms with E-state index in [1.165, 1.54) is 0 Å². The molecule has 0 atom stereocenters. The van der Waals surface area contributed by atoms with E-state index in [0.717, 1.165) is 13.1 Å². The number of carbonyl (C=O) groups is 1. The fourth-order valence-electron chi connectivity index (χ4n) is 2.03. The van der Waals surface area contributed by atoms with Gasteiger partial charge in [-0.05, 0) is 12.1 Å². The molecule has 1 N–H and O–H groups in total. The number of rotatable bonds is 2. The maximum atomic E-state index is 12.2. The normalized spacial score (nSPS) is 15.5. The molecule has 0 spiro atoms. The second-order valence-corrected chi connectivity index (χ2v) is 4.33. The van der Waals surface area contributed by atoms with E-state index in [1.54, 1.807) is 17.2 Å². The molecule has 1 amide bonds. The van der Waals surface area contributed by atoms with Crippen molar-refractivity contribution in [1.82, 2.24) is 20.4 Å². The number of piperazine rings is 1. The minimum atomic E-state index is -0.115. The molecule has 1 aliphatic rings. The SMILES string of the molecule is O=C(c1cc(-c2ccccn2)no1)N1CCNCC1. The van der Waals surface area contributed by atoms with Gasteiger partial charge in [-0.1, -0.05) is 11.2 Å². The van der Waals surface area contributed by atoms with Crippen molar-refractivity contribution in [3.8, 4) is 11.4 Å². The number of pyridine rings is 1. The van der Waals surface area contributed by atoms with Crippen molar-refractivity contribution in [2.24, 2.45) is 0 Å². The Kier molecular flexibility index (Phi) is 3.24. The smallest absolute Gasteiger partial charge is 0.292 e. The lowest BCUT2D eigenvalue weighted by molar-refractivity contribution is 0.0694. The summed E-state index contributed by atoms with van der Waals surface area (Å²) in [7, 11) is 0. The van der Waals surface area contributed by atoms with Crippen LogP contribution in [-0.2, 0) is 0 Å². The van der Waals surface area contributed by atoms with Crippen LogP contribution in [0.3, 0.4) is 0 Å². The Morgan fingerprint density at radius 2 is 2.11 bits per heavy atom. The van der Waals surface area contributed by atoms with Gasteiger partial charge in [0.25, 0.3) is 5.91 Å². The van der Waals surface area contributed by atoms with Crippen molar-refractivity contribution < 1.29 is 9.32 Å². The molecular weight excluding hydrogens is 244 g/mol. The fourth-order valence-corrected chi connectivity index (χ4v) is 2.03. The number of nitrogens with zero attached hydrogens (tertiary/aromatic N) is 3. The molecule has 6 heteroatoms. The van der Waals surface area contributed by atoms with Gasteiger partial charge in [-0.2, -0.15) is 0 Å². The van der Waals surface area contributed by atoms with Crippen molar-refractivity contribution >= 4 is 5.91 Å². The van der Waals surface area contributed by atoms with Crippen molar-refractivity contribution in [1.29, 1.82) is 0 Å². The van der Waals surface area contributed by atoms with E-state index in [0.29, 0.717) is 24.5 Å². The lowest BCUT2D eigenvalue weighted by atomic mass is 10.2. The van der Waals surface area contributed by atoms with Crippen molar-refractivity contribution in [2.75, 3.05) is 26.2 Å². The average Bonchev–Trinajstić information content (AvgIpc) is 2.98. The van der Waals surface area contributed by atoms with Crippen LogP contribution in [0.1, 0.15) is 10.6 Å². The van der Waals surface area contributed by atoms with Crippen LogP contribution in [0.5, 0.6) is 0 Å². The van der Waals surface area contributed by atoms with Gasteiger partial charge >= 0.3 is 0 Å². The molecule has 0 radical (unpaired) electrons. The summed E-state index contributed by atoms with van der Waals surface area (Å²) in [6.07, 6.45) is 1.68. The molecule has 1 saturated heterocycles. The molecular formula is C13H14N4O2. The summed E-state index contributed by atoms with van der Waals surface area (Å²) in [6.45, 7) is 3.01. The van der Waals surface area contributed by atoms with E-state index < -0.39 is 0 Å². The third-order valence-corrected chi connectivity index (χ3v) is 3.05. The first kappa shape index (κ1) is 11.9. The topological polar surface area (TPSA) is 71.3 Å². The van der Waals surface area contributed by atoms with Gasteiger partial charge in [-0.3, -0.25) is 9.78 Å². The molecule has 0 unspecified atom stereocenters. The third kappa shape index (κ3) is 2.48. The molecule has 0 aromatic carbocycles. The highest BCUT2D eigenvalue weighted by Crippen LogP contribution is 2.17. The molecule has 6 nitrogen and oxygen atoms in total. The lowest BCUT2D eigenvalue weighted by Crippen LogP contribution is -2.46. The molecule has 0 saturated carbocycles. The third-order valence-electron chi connectivity index (χ3n) is 3.05. The van der Waals surface area contributed by atoms with E-state index in [4.69, 9.17) is 4.52 Å². The minimum absolute atomic E-state index is 0.115. The monoisotopic (exact) mass is 258 g/mol. The van der Waals surface area contributed by atoms with Crippen LogP contribution in [0.4, 0.5) is 0 Å². The van der Waals surface area contributed by atoms with Gasteiger partial charge in [0.15, 0.2) is 0 Å². The fraction of sp³-hybridized carbons (Fsp3) is 0.308. The zero-order valence-electron chi connectivity index (χ0n) is 10.4. The summed E-state index contributed by atoms with van der Waals surface area (Å²) in [5.74, 6) is 0.152. The van der Waals surface area contributed by atoms with Crippen LogP contribution in [0.15, 0.2) is 35.0 Å². The second kappa shape index (κ2) is 5.19. The van der Waals surface area contributed by atoms with Crippen LogP contribution < -0.4 is 5.32 Å². The van der Waals surface area contributed by atoms with Crippen molar-refractivity contribution in [2.45, 2.75) is 0 Å². The Balaban J connectivity index is 1.79. The number of amides is 1. The first-order valence-electron chi connectivity index (χ1n) is 6.23. The summed E-state index contributed by atoms with van der Waals surface area (Å²) in [5.41, 5.74) is 1.28. The number of hydrogen-bond acceptors (Lipinski definition) is 5. The zero-order valence-corrected chi connectivity index (χ0v) is 10.4. The van der Waals surface area contributed by atoms with Crippen LogP contribution in [0, 0.1) is 0 Å². The Labute approximate surface area is 110 Å². The highest BCUT2D eigenvalue weighted by molar-refractivity contribution is 5.92. The van der Waals surface area contributed by atoms with Gasteiger partial charge < -0.3 is 14.7 Å². The average molecular weight is 258 g/mol. The molecule has 3 rings (SSSR count). The number of nitrogens with one attached hydrogen (secondary N) is 1. The number of aromatic nitrogens is 2. The molecule has 0 bridgehead atoms. The highest BCUT2D eigenvalue weighted by atomic mass is 16.5. The Hall–Kier alpha value is -2.21. The molecule has 2 aromatic rings. The largest absolute Gasteiger partial charge is 0.350 e. The molecule has 1 aliphatic heterocycles. The van der Waals surface area contributed by atoms with Gasteiger partial charge in [0.05, 0.1) is 5.69 Å². The van der Waals surface area contributed by atoms with E-state index in [9.17, 15) is 4.79 Å². The van der Waals surface area contributed by atoms with E-state index >= 15 is 0 Å². The zero-order chi connectivity index (χ0) is 13.1. The summed E-state index contributed by atoms with van der Waals surface area (Å²) in [5, 5.41) is 7.10. The Bertz CT molecular complexity index is 561. The van der Waals surface area contributed by atoms with Crippen LogP contribution in [-0.4, -0.2) is 47.1 Å². The molecule has 98 valence electrons. The maximum absolute atomic E-state index is 12.2. The summed E-state index contributed by atoms with van der Waals surface area (Å²) in [4.78, 5) is 18.1. The van der Waals surface area contributed by atoms with Gasteiger partial charge in [-0.25, -0.2) is 0 Å². The minimum Gasteiger partial charge on any atom is -0.350 e. The summed E-state index contributed by atoms with van der Waals surface area (Å²) >= 11 is 0. The van der Waals surface area contributed by atoms with E-state index in [2.05, 4.69) is 15.5 Å². The van der Waals surface area contributed by atoms with Crippen LogP contribution in [0.2, 0.25) is 0 Å². The van der Waals surface area contributed by atoms with Crippen LogP contribution >= 0.6 is 0 Å². The number of hydrogen-bond donors (Lipinski definition) is 1. The highest BCUT2D eigenvalue weighted by Gasteiger charge is 2.22. The summed E-state index contributed by atoms with van der Waals surface area (Å²) in [6, 6.07) is 7.18. The first-order chi connectivity index (χ1) is 9.34. The van der Waals surface area contributed by atoms with E-state index in [1.807, 2.05) is 18.2 Å². The molecule has 3 heterocycles. The predicted molar refractivity (Wildman–Crippen MR) is 68.5 cm³/mol. The van der Waals surface area contributed by atoms with Crippen molar-refractivity contribution in [3.63, 3.8) is 0 Å². The van der Waals surface area contributed by atoms with Gasteiger partial charge in [0.1, 0.15) is 5.69 Å². The van der Waals surface area contributed by atoms with Crippen molar-refractivity contribution in [3.05, 3.63) is 36.2 Å². The predicted octanol–water partition coefficient (Wildman–Crippen LogP) is 0.782. The van der Waals surface area contributed by atoms with Gasteiger partial charge in [0.2, 0.25) is 5.76 Å². The van der Waals surface area contributed by atoms with Gasteiger partial charge in [0, 0.05) is 38.4 Å². The molecule has 0 aliphatic carbocycles. The Morgan fingerprint density at radius 3 is 2.84 bits per heavy atom. The standard InChI is InChI=1S/C13H14N4O2/c18-13(17-7-5-14-6-8-17)12-9-11(16-19-12)10-3-1-2-4-15-10/h1-4,9,14H,5-8H2. The number of carbonyl (C=O) groups excluding carboxylic acids is 1. The Morgan fingerprint density at radius 1 is 1.26 bits per heavy atom. The lowest BCUT2D eigenvalue weighted by Gasteiger charge is -2.26. The van der Waals surface area contributed by atoms with Crippen LogP contribution in [0.25, 0.3) is 11.4 Å². The quantitative estimate of drug-likeness (QED) is 0.862. The molecule has 1 fully saturated rings. The van der Waals surface area contributed by atoms with E-state index in [-0.39, 0.29) is 11.7 Å². The maximum Gasteiger partial charge on any atom is 0.292 e. The second-order valence-electron chi connectivity index (χ2n) is 4.33. The van der Waals surface area contributed by atoms with Gasteiger partial charge in [-0.15, -0.1) is 0 Å². The summed E-state index contributed by atoms with van der Waals surface area (Å²) < 4.78 is 5.13. The first-order valence-corrected chi connectivity index (χ1v) is 6.23.